The van der Waals surface area contributed by atoms with Crippen LogP contribution >= 0.6 is 7.60 Å². The predicted molar refractivity (Wildman–Crippen MR) is 125 cm³/mol. The highest BCUT2D eigenvalue weighted by molar-refractivity contribution is 7.53. The van der Waals surface area contributed by atoms with E-state index in [-0.39, 0.29) is 26.1 Å². The standard InChI is InChI=1S/C23H37N2O6P.H2/c24-17-9-8-14-20(23(27)28)31-32(29,30)22(19-12-6-1-2-7-13-19)25-21(26)16-15-18-10-4-3-5-11-18;/h3-5,10-11,19-20,22H,1-2,6-9,12-17,24H2,(H,25,26)(H,27,28)(H,29,30);1H. The number of carboxylic acids is 1. The number of nitrogens with one attached hydrogen (secondary N) is 1. The van der Waals surface area contributed by atoms with Crippen molar-refractivity contribution in [3.05, 3.63) is 35.9 Å². The van der Waals surface area contributed by atoms with Crippen LogP contribution in [-0.4, -0.2) is 40.3 Å². The van der Waals surface area contributed by atoms with Gasteiger partial charge in [0.05, 0.1) is 0 Å². The Kier molecular flexibility index (Phi) is 11.4. The molecule has 1 aliphatic rings. The molecule has 1 aliphatic carbocycles. The van der Waals surface area contributed by atoms with Gasteiger partial charge in [0.15, 0.2) is 6.10 Å². The van der Waals surface area contributed by atoms with Crippen molar-refractivity contribution in [1.29, 1.82) is 0 Å². The van der Waals surface area contributed by atoms with Gasteiger partial charge < -0.3 is 21.1 Å². The van der Waals surface area contributed by atoms with Crippen LogP contribution in [0.25, 0.3) is 0 Å². The van der Waals surface area contributed by atoms with Crippen LogP contribution in [0.4, 0.5) is 0 Å². The summed E-state index contributed by atoms with van der Waals surface area (Å²) in [4.78, 5) is 35.2. The van der Waals surface area contributed by atoms with Crippen LogP contribution in [0.3, 0.4) is 0 Å². The van der Waals surface area contributed by atoms with Gasteiger partial charge in [-0.1, -0.05) is 56.0 Å². The monoisotopic (exact) mass is 470 g/mol. The fourth-order valence-electron chi connectivity index (χ4n) is 4.18. The molecule has 8 nitrogen and oxygen atoms in total. The number of aryl methyl sites for hydroxylation is 1. The minimum atomic E-state index is -4.44. The second-order valence-corrected chi connectivity index (χ2v) is 10.4. The maximum absolute atomic E-state index is 13.3. The van der Waals surface area contributed by atoms with E-state index in [0.29, 0.717) is 38.6 Å². The molecule has 1 aromatic rings. The fourth-order valence-corrected chi connectivity index (χ4v) is 6.00. The van der Waals surface area contributed by atoms with E-state index in [1.165, 1.54) is 0 Å². The number of benzene rings is 1. The maximum atomic E-state index is 13.3. The van der Waals surface area contributed by atoms with Gasteiger partial charge in [-0.05, 0) is 56.6 Å². The Labute approximate surface area is 191 Å². The highest BCUT2D eigenvalue weighted by Gasteiger charge is 2.42. The van der Waals surface area contributed by atoms with E-state index < -0.39 is 25.5 Å². The van der Waals surface area contributed by atoms with Crippen LogP contribution in [0.2, 0.25) is 0 Å². The number of nitrogens with two attached hydrogens (primary N) is 1. The van der Waals surface area contributed by atoms with Crippen molar-refractivity contribution < 1.29 is 30.1 Å². The summed E-state index contributed by atoms with van der Waals surface area (Å²) in [5, 5.41) is 12.2. The van der Waals surface area contributed by atoms with E-state index in [4.69, 9.17) is 10.3 Å². The maximum Gasteiger partial charge on any atom is 0.351 e. The Morgan fingerprint density at radius 3 is 2.41 bits per heavy atom. The van der Waals surface area contributed by atoms with E-state index >= 15 is 0 Å². The molecule has 5 N–H and O–H groups in total. The van der Waals surface area contributed by atoms with Gasteiger partial charge in [-0.3, -0.25) is 13.9 Å². The molecule has 0 bridgehead atoms. The minimum Gasteiger partial charge on any atom is -0.479 e. The summed E-state index contributed by atoms with van der Waals surface area (Å²) in [6, 6.07) is 9.54. The highest BCUT2D eigenvalue weighted by atomic mass is 31.2. The van der Waals surface area contributed by atoms with Crippen molar-refractivity contribution in [3.63, 3.8) is 0 Å². The second-order valence-electron chi connectivity index (χ2n) is 8.53. The fraction of sp³-hybridized carbons (Fsp3) is 0.652. The molecular formula is C23H39N2O6P. The quantitative estimate of drug-likeness (QED) is 0.194. The number of hydrogen-bond donors (Lipinski definition) is 4. The first-order valence-electron chi connectivity index (χ1n) is 11.6. The molecule has 1 aromatic carbocycles. The zero-order chi connectivity index (χ0) is 23.4. The molecule has 0 aliphatic heterocycles. The van der Waals surface area contributed by atoms with Crippen LogP contribution in [0.5, 0.6) is 0 Å². The largest absolute Gasteiger partial charge is 0.479 e. The third kappa shape index (κ3) is 9.02. The van der Waals surface area contributed by atoms with Gasteiger partial charge >= 0.3 is 13.6 Å². The molecule has 0 heterocycles. The minimum absolute atomic E-state index is 0. The first kappa shape index (κ1) is 26.5. The summed E-state index contributed by atoms with van der Waals surface area (Å²) in [5.41, 5.74) is 6.47. The molecule has 9 heteroatoms. The Morgan fingerprint density at radius 2 is 1.81 bits per heavy atom. The number of unbranched alkanes of at least 4 members (excludes halogenated alkanes) is 1. The molecule has 1 fully saturated rings. The molecule has 0 radical (unpaired) electrons. The summed E-state index contributed by atoms with van der Waals surface area (Å²) in [6.07, 6.45) is 5.73. The Balaban J connectivity index is 0.00000544. The van der Waals surface area contributed by atoms with Gasteiger partial charge in [-0.15, -0.1) is 0 Å². The van der Waals surface area contributed by atoms with E-state index in [9.17, 15) is 24.2 Å². The van der Waals surface area contributed by atoms with Crippen LogP contribution in [0.15, 0.2) is 30.3 Å². The van der Waals surface area contributed by atoms with Crippen molar-refractivity contribution in [2.45, 2.75) is 82.5 Å². The van der Waals surface area contributed by atoms with Crippen LogP contribution in [0.1, 0.15) is 71.2 Å². The van der Waals surface area contributed by atoms with Gasteiger partial charge in [0.25, 0.3) is 0 Å². The number of carboxylic acid groups (broad SMARTS) is 1. The SMILES string of the molecule is NCCCCC(OP(=O)(O)C(NC(=O)CCc1ccccc1)C1CCCCCC1)C(=O)O.[HH]. The van der Waals surface area contributed by atoms with Crippen molar-refractivity contribution in [1.82, 2.24) is 5.32 Å². The number of amides is 1. The van der Waals surface area contributed by atoms with Gasteiger partial charge in [0.1, 0.15) is 5.78 Å². The molecular weight excluding hydrogens is 431 g/mol. The van der Waals surface area contributed by atoms with Crippen LogP contribution in [0, 0.1) is 5.92 Å². The average Bonchev–Trinajstić information content (AvgIpc) is 3.05. The lowest BCUT2D eigenvalue weighted by Crippen LogP contribution is -2.41. The number of aliphatic carboxylic acids is 1. The third-order valence-electron chi connectivity index (χ3n) is 5.96. The van der Waals surface area contributed by atoms with Crippen molar-refractivity contribution in [2.75, 3.05) is 6.54 Å². The average molecular weight is 471 g/mol. The number of carbonyl (C=O) groups excluding carboxylic acids is 1. The smallest absolute Gasteiger partial charge is 0.351 e. The second kappa shape index (κ2) is 13.7. The van der Waals surface area contributed by atoms with E-state index in [1.54, 1.807) is 0 Å². The van der Waals surface area contributed by atoms with Gasteiger partial charge in [-0.25, -0.2) is 4.79 Å². The summed E-state index contributed by atoms with van der Waals surface area (Å²) in [5.74, 6) is -2.96. The van der Waals surface area contributed by atoms with Crippen molar-refractivity contribution >= 4 is 19.5 Å². The molecule has 1 saturated carbocycles. The van der Waals surface area contributed by atoms with E-state index in [2.05, 4.69) is 5.32 Å². The molecule has 32 heavy (non-hydrogen) atoms. The lowest BCUT2D eigenvalue weighted by molar-refractivity contribution is -0.145. The van der Waals surface area contributed by atoms with E-state index in [1.807, 2.05) is 30.3 Å². The number of rotatable bonds is 13. The Hall–Kier alpha value is -1.73. The summed E-state index contributed by atoms with van der Waals surface area (Å²) in [6.45, 7) is 0.408. The first-order chi connectivity index (χ1) is 15.3. The van der Waals surface area contributed by atoms with Crippen molar-refractivity contribution in [3.8, 4) is 0 Å². The first-order valence-corrected chi connectivity index (χ1v) is 13.2. The Morgan fingerprint density at radius 1 is 1.16 bits per heavy atom. The third-order valence-corrected chi connectivity index (χ3v) is 7.77. The topological polar surface area (TPSA) is 139 Å². The molecule has 182 valence electrons. The molecule has 0 saturated heterocycles. The Bertz CT molecular complexity index is 759. The van der Waals surface area contributed by atoms with Crippen LogP contribution < -0.4 is 11.1 Å². The molecule has 3 atom stereocenters. The van der Waals surface area contributed by atoms with Crippen LogP contribution in [-0.2, 0) is 25.1 Å². The molecule has 0 aromatic heterocycles. The summed E-state index contributed by atoms with van der Waals surface area (Å²) >= 11 is 0. The van der Waals surface area contributed by atoms with E-state index in [0.717, 1.165) is 31.2 Å². The summed E-state index contributed by atoms with van der Waals surface area (Å²) in [7, 11) is -4.44. The zero-order valence-corrected chi connectivity index (χ0v) is 19.6. The summed E-state index contributed by atoms with van der Waals surface area (Å²) < 4.78 is 18.6. The van der Waals surface area contributed by atoms with Gasteiger partial charge in [0, 0.05) is 7.85 Å². The predicted octanol–water partition coefficient (Wildman–Crippen LogP) is 4.06. The van der Waals surface area contributed by atoms with Gasteiger partial charge in [0.2, 0.25) is 5.91 Å². The molecule has 2 rings (SSSR count). The molecule has 3 unspecified atom stereocenters. The van der Waals surface area contributed by atoms with Crippen molar-refractivity contribution in [2.24, 2.45) is 11.7 Å². The lowest BCUT2D eigenvalue weighted by Gasteiger charge is -2.31. The normalized spacial score (nSPS) is 18.8. The molecule has 0 spiro atoms. The van der Waals surface area contributed by atoms with Gasteiger partial charge in [-0.2, -0.15) is 0 Å². The molecule has 1 amide bonds. The lowest BCUT2D eigenvalue weighted by atomic mass is 10.00. The number of hydrogen-bond acceptors (Lipinski definition) is 5. The number of carbonyl (C=O) groups is 2. The zero-order valence-electron chi connectivity index (χ0n) is 18.7. The highest BCUT2D eigenvalue weighted by Crippen LogP contribution is 2.53.